The molecule has 3 nitrogen and oxygen atoms in total. The van der Waals surface area contributed by atoms with E-state index in [0.717, 1.165) is 5.56 Å². The molecule has 4 heteroatoms. The van der Waals surface area contributed by atoms with Crippen molar-refractivity contribution in [1.82, 2.24) is 4.98 Å². The van der Waals surface area contributed by atoms with E-state index >= 15 is 0 Å². The summed E-state index contributed by atoms with van der Waals surface area (Å²) in [6.07, 6.45) is 0. The van der Waals surface area contributed by atoms with Gasteiger partial charge in [-0.05, 0) is 18.6 Å². The van der Waals surface area contributed by atoms with Gasteiger partial charge in [0.05, 0.1) is 0 Å². The zero-order chi connectivity index (χ0) is 7.56. The molecular formula is C6H8FN3. The number of pyridine rings is 1. The van der Waals surface area contributed by atoms with E-state index in [9.17, 15) is 4.39 Å². The number of rotatable bonds is 1. The highest BCUT2D eigenvalue weighted by atomic mass is 19.1. The number of nitrogen functional groups attached to an aromatic ring is 1. The van der Waals surface area contributed by atoms with Gasteiger partial charge in [-0.3, -0.25) is 0 Å². The van der Waals surface area contributed by atoms with Crippen molar-refractivity contribution in [3.63, 3.8) is 0 Å². The van der Waals surface area contributed by atoms with Crippen molar-refractivity contribution in [3.8, 4) is 0 Å². The lowest BCUT2D eigenvalue weighted by Gasteiger charge is -2.01. The minimum atomic E-state index is -0.529. The monoisotopic (exact) mass is 141 g/mol. The van der Waals surface area contributed by atoms with Crippen molar-refractivity contribution in [3.05, 3.63) is 23.6 Å². The fourth-order valence-electron chi connectivity index (χ4n) is 0.651. The highest BCUT2D eigenvalue weighted by molar-refractivity contribution is 5.41. The van der Waals surface area contributed by atoms with Crippen molar-refractivity contribution < 1.29 is 4.39 Å². The van der Waals surface area contributed by atoms with Crippen molar-refractivity contribution >= 4 is 5.82 Å². The Labute approximate surface area is 58.0 Å². The molecular weight excluding hydrogens is 133 g/mol. The van der Waals surface area contributed by atoms with Gasteiger partial charge in [-0.1, -0.05) is 6.07 Å². The SMILES string of the molecule is Cc1ccc(F)nc1NN. The van der Waals surface area contributed by atoms with Crippen LogP contribution >= 0.6 is 0 Å². The van der Waals surface area contributed by atoms with E-state index in [-0.39, 0.29) is 0 Å². The number of aromatic nitrogens is 1. The molecule has 1 rings (SSSR count). The molecule has 0 saturated heterocycles. The second-order valence-electron chi connectivity index (χ2n) is 1.94. The second-order valence-corrected chi connectivity index (χ2v) is 1.94. The van der Waals surface area contributed by atoms with Gasteiger partial charge in [0.25, 0.3) is 0 Å². The first-order chi connectivity index (χ1) is 4.74. The molecule has 0 radical (unpaired) electrons. The van der Waals surface area contributed by atoms with Gasteiger partial charge >= 0.3 is 0 Å². The molecule has 1 aromatic rings. The predicted molar refractivity (Wildman–Crippen MR) is 36.7 cm³/mol. The number of hydrazine groups is 1. The summed E-state index contributed by atoms with van der Waals surface area (Å²) in [5.74, 6) is 4.89. The fraction of sp³-hybridized carbons (Fsp3) is 0.167. The molecule has 10 heavy (non-hydrogen) atoms. The van der Waals surface area contributed by atoms with Crippen molar-refractivity contribution in [2.24, 2.45) is 5.84 Å². The van der Waals surface area contributed by atoms with Gasteiger partial charge < -0.3 is 5.43 Å². The summed E-state index contributed by atoms with van der Waals surface area (Å²) in [4.78, 5) is 3.49. The first-order valence-electron chi connectivity index (χ1n) is 2.84. The zero-order valence-corrected chi connectivity index (χ0v) is 5.56. The van der Waals surface area contributed by atoms with Crippen LogP contribution in [0.4, 0.5) is 10.2 Å². The summed E-state index contributed by atoms with van der Waals surface area (Å²) in [5.41, 5.74) is 3.11. The Morgan fingerprint density at radius 2 is 2.30 bits per heavy atom. The highest BCUT2D eigenvalue weighted by Gasteiger charge is 1.97. The molecule has 0 fully saturated rings. The Morgan fingerprint density at radius 3 is 2.80 bits per heavy atom. The van der Waals surface area contributed by atoms with Gasteiger partial charge in [0.2, 0.25) is 5.95 Å². The fourth-order valence-corrected chi connectivity index (χ4v) is 0.651. The lowest BCUT2D eigenvalue weighted by Crippen LogP contribution is -2.10. The predicted octanol–water partition coefficient (Wildman–Crippen LogP) is 0.815. The molecule has 54 valence electrons. The lowest BCUT2D eigenvalue weighted by atomic mass is 10.3. The van der Waals surface area contributed by atoms with Crippen LogP contribution in [-0.4, -0.2) is 4.98 Å². The van der Waals surface area contributed by atoms with Crippen LogP contribution in [0.5, 0.6) is 0 Å². The van der Waals surface area contributed by atoms with Crippen LogP contribution in [0.15, 0.2) is 12.1 Å². The average molecular weight is 141 g/mol. The number of hydrogen-bond donors (Lipinski definition) is 2. The highest BCUT2D eigenvalue weighted by Crippen LogP contribution is 2.08. The Bertz CT molecular complexity index is 236. The van der Waals surface area contributed by atoms with Crippen LogP contribution in [0.1, 0.15) is 5.56 Å². The molecule has 0 bridgehead atoms. The first kappa shape index (κ1) is 6.95. The van der Waals surface area contributed by atoms with Gasteiger partial charge in [-0.25, -0.2) is 10.8 Å². The summed E-state index contributed by atoms with van der Waals surface area (Å²) < 4.78 is 12.3. The van der Waals surface area contributed by atoms with Crippen LogP contribution < -0.4 is 11.3 Å². The summed E-state index contributed by atoms with van der Waals surface area (Å²) >= 11 is 0. The van der Waals surface area contributed by atoms with E-state index in [2.05, 4.69) is 10.4 Å². The Balaban J connectivity index is 3.09. The molecule has 0 unspecified atom stereocenters. The number of anilines is 1. The van der Waals surface area contributed by atoms with Gasteiger partial charge in [0.1, 0.15) is 5.82 Å². The number of hydrogen-bond acceptors (Lipinski definition) is 3. The van der Waals surface area contributed by atoms with E-state index < -0.39 is 5.95 Å². The maximum Gasteiger partial charge on any atom is 0.214 e. The van der Waals surface area contributed by atoms with Crippen LogP contribution in [0.2, 0.25) is 0 Å². The van der Waals surface area contributed by atoms with Crippen molar-refractivity contribution in [2.75, 3.05) is 5.43 Å². The molecule has 0 aliphatic heterocycles. The number of halogens is 1. The van der Waals surface area contributed by atoms with E-state index in [4.69, 9.17) is 5.84 Å². The number of nitrogens with one attached hydrogen (secondary N) is 1. The molecule has 1 heterocycles. The van der Waals surface area contributed by atoms with E-state index in [0.29, 0.717) is 5.82 Å². The molecule has 0 aliphatic carbocycles. The minimum Gasteiger partial charge on any atom is -0.308 e. The van der Waals surface area contributed by atoms with Crippen LogP contribution in [0, 0.1) is 12.9 Å². The van der Waals surface area contributed by atoms with Crippen molar-refractivity contribution in [1.29, 1.82) is 0 Å². The molecule has 0 atom stereocenters. The molecule has 1 aromatic heterocycles. The van der Waals surface area contributed by atoms with Crippen LogP contribution in [0.3, 0.4) is 0 Å². The largest absolute Gasteiger partial charge is 0.308 e. The van der Waals surface area contributed by atoms with Gasteiger partial charge in [-0.15, -0.1) is 0 Å². The minimum absolute atomic E-state index is 0.375. The third kappa shape index (κ3) is 1.22. The normalized spacial score (nSPS) is 9.50. The smallest absolute Gasteiger partial charge is 0.214 e. The standard InChI is InChI=1S/C6H8FN3/c1-4-2-3-5(7)9-6(4)10-8/h2-3H,8H2,1H3,(H,9,10). The van der Waals surface area contributed by atoms with Crippen LogP contribution in [0.25, 0.3) is 0 Å². The molecule has 0 saturated carbocycles. The van der Waals surface area contributed by atoms with E-state index in [1.54, 1.807) is 13.0 Å². The Hall–Kier alpha value is -1.16. The quantitative estimate of drug-likeness (QED) is 0.346. The zero-order valence-electron chi connectivity index (χ0n) is 5.56. The Morgan fingerprint density at radius 1 is 1.60 bits per heavy atom. The van der Waals surface area contributed by atoms with E-state index in [1.807, 2.05) is 0 Å². The van der Waals surface area contributed by atoms with E-state index in [1.165, 1.54) is 6.07 Å². The lowest BCUT2D eigenvalue weighted by molar-refractivity contribution is 0.584. The Kier molecular flexibility index (Phi) is 1.82. The summed E-state index contributed by atoms with van der Waals surface area (Å²) in [6, 6.07) is 2.90. The number of nitrogens with zero attached hydrogens (tertiary/aromatic N) is 1. The third-order valence-electron chi connectivity index (χ3n) is 1.20. The van der Waals surface area contributed by atoms with Gasteiger partial charge in [0.15, 0.2) is 0 Å². The van der Waals surface area contributed by atoms with Gasteiger partial charge in [0, 0.05) is 0 Å². The number of nitrogens with two attached hydrogens (primary N) is 1. The second kappa shape index (κ2) is 2.62. The third-order valence-corrected chi connectivity index (χ3v) is 1.20. The topological polar surface area (TPSA) is 50.9 Å². The molecule has 0 aliphatic rings. The van der Waals surface area contributed by atoms with Crippen LogP contribution in [-0.2, 0) is 0 Å². The maximum atomic E-state index is 12.3. The molecule has 0 spiro atoms. The molecule has 3 N–H and O–H groups in total. The summed E-state index contributed by atoms with van der Waals surface area (Å²) in [5, 5.41) is 0. The first-order valence-corrected chi connectivity index (χ1v) is 2.84. The van der Waals surface area contributed by atoms with Gasteiger partial charge in [-0.2, -0.15) is 4.39 Å². The summed E-state index contributed by atoms with van der Waals surface area (Å²) in [6.45, 7) is 1.79. The van der Waals surface area contributed by atoms with Crippen molar-refractivity contribution in [2.45, 2.75) is 6.92 Å². The molecule has 0 aromatic carbocycles. The number of aryl methyl sites for hydroxylation is 1. The molecule has 0 amide bonds. The summed E-state index contributed by atoms with van der Waals surface area (Å²) in [7, 11) is 0. The average Bonchev–Trinajstić information content (AvgIpc) is 1.94. The maximum absolute atomic E-state index is 12.3.